The van der Waals surface area contributed by atoms with Crippen LogP contribution in [0.2, 0.25) is 0 Å². The number of hydrogen-bond acceptors (Lipinski definition) is 7. The van der Waals surface area contributed by atoms with Gasteiger partial charge >= 0.3 is 5.97 Å². The van der Waals surface area contributed by atoms with E-state index in [1.807, 2.05) is 0 Å². The van der Waals surface area contributed by atoms with E-state index in [0.717, 1.165) is 0 Å². The summed E-state index contributed by atoms with van der Waals surface area (Å²) >= 11 is 0. The molecule has 8 heteroatoms. The van der Waals surface area contributed by atoms with Gasteiger partial charge in [0.25, 0.3) is 5.91 Å². The van der Waals surface area contributed by atoms with Crippen LogP contribution in [0.1, 0.15) is 20.8 Å². The fourth-order valence-corrected chi connectivity index (χ4v) is 2.42. The highest BCUT2D eigenvalue weighted by Crippen LogP contribution is 2.20. The third-order valence-corrected chi connectivity index (χ3v) is 3.81. The molecule has 0 bridgehead atoms. The molecule has 2 aromatic carbocycles. The summed E-state index contributed by atoms with van der Waals surface area (Å²) in [7, 11) is 2.87. The zero-order valence-electron chi connectivity index (χ0n) is 15.3. The minimum atomic E-state index is -0.467. The maximum Gasteiger partial charge on any atom is 0.339 e. The number of aromatic nitrogens is 2. The second kappa shape index (κ2) is 8.63. The van der Waals surface area contributed by atoms with Crippen molar-refractivity contribution in [3.63, 3.8) is 0 Å². The average Bonchev–Trinajstić information content (AvgIpc) is 2.74. The molecule has 3 aromatic rings. The van der Waals surface area contributed by atoms with Crippen LogP contribution >= 0.6 is 0 Å². The smallest absolute Gasteiger partial charge is 0.339 e. The van der Waals surface area contributed by atoms with Crippen molar-refractivity contribution in [1.29, 1.82) is 0 Å². The molecule has 8 nitrogen and oxygen atoms in total. The molecule has 1 aromatic heterocycles. The molecule has 1 heterocycles. The number of benzene rings is 2. The van der Waals surface area contributed by atoms with Crippen LogP contribution in [0.15, 0.2) is 60.9 Å². The van der Waals surface area contributed by atoms with E-state index < -0.39 is 11.9 Å². The Morgan fingerprint density at radius 1 is 0.964 bits per heavy atom. The highest BCUT2D eigenvalue weighted by molar-refractivity contribution is 6.02. The predicted molar refractivity (Wildman–Crippen MR) is 104 cm³/mol. The molecule has 28 heavy (non-hydrogen) atoms. The number of methoxy groups -OCH3 is 2. The van der Waals surface area contributed by atoms with Gasteiger partial charge in [-0.2, -0.15) is 0 Å². The lowest BCUT2D eigenvalue weighted by molar-refractivity contribution is 0.0601. The first-order valence-electron chi connectivity index (χ1n) is 8.32. The van der Waals surface area contributed by atoms with E-state index in [0.29, 0.717) is 28.5 Å². The largest absolute Gasteiger partial charge is 0.497 e. The molecule has 0 aliphatic heterocycles. The Kier molecular flexibility index (Phi) is 5.81. The summed E-state index contributed by atoms with van der Waals surface area (Å²) in [5.74, 6) is 0.148. The van der Waals surface area contributed by atoms with E-state index in [4.69, 9.17) is 9.47 Å². The van der Waals surface area contributed by atoms with Gasteiger partial charge in [0, 0.05) is 11.8 Å². The monoisotopic (exact) mass is 378 g/mol. The SMILES string of the molecule is COC(=O)c1ccccc1Nc1cnc(C(=O)Nc2cccc(OC)c2)cn1. The van der Waals surface area contributed by atoms with Crippen LogP contribution < -0.4 is 15.4 Å². The van der Waals surface area contributed by atoms with E-state index >= 15 is 0 Å². The number of anilines is 3. The molecule has 0 aliphatic rings. The Bertz CT molecular complexity index is 990. The highest BCUT2D eigenvalue weighted by Gasteiger charge is 2.13. The van der Waals surface area contributed by atoms with Crippen molar-refractivity contribution in [2.75, 3.05) is 24.9 Å². The number of carbonyl (C=O) groups excluding carboxylic acids is 2. The van der Waals surface area contributed by atoms with Crippen LogP contribution in [0.3, 0.4) is 0 Å². The third-order valence-electron chi connectivity index (χ3n) is 3.81. The summed E-state index contributed by atoms with van der Waals surface area (Å²) in [4.78, 5) is 32.5. The molecule has 0 fully saturated rings. The van der Waals surface area contributed by atoms with Crippen molar-refractivity contribution >= 4 is 29.1 Å². The van der Waals surface area contributed by atoms with Crippen LogP contribution in [0.5, 0.6) is 5.75 Å². The molecule has 0 saturated heterocycles. The predicted octanol–water partition coefficient (Wildman–Crippen LogP) is 3.27. The molecule has 0 aliphatic carbocycles. The normalized spacial score (nSPS) is 10.1. The van der Waals surface area contributed by atoms with Crippen LogP contribution in [0.4, 0.5) is 17.2 Å². The maximum atomic E-state index is 12.3. The lowest BCUT2D eigenvalue weighted by Crippen LogP contribution is -2.14. The number of rotatable bonds is 6. The Morgan fingerprint density at radius 2 is 1.79 bits per heavy atom. The van der Waals surface area contributed by atoms with Crippen molar-refractivity contribution in [2.45, 2.75) is 0 Å². The van der Waals surface area contributed by atoms with Gasteiger partial charge in [0.15, 0.2) is 0 Å². The molecule has 0 unspecified atom stereocenters. The van der Waals surface area contributed by atoms with Crippen molar-refractivity contribution < 1.29 is 19.1 Å². The summed E-state index contributed by atoms with van der Waals surface area (Å²) in [6.45, 7) is 0. The molecular weight excluding hydrogens is 360 g/mol. The number of carbonyl (C=O) groups is 2. The van der Waals surface area contributed by atoms with Crippen molar-refractivity contribution in [3.05, 3.63) is 72.2 Å². The Morgan fingerprint density at radius 3 is 2.50 bits per heavy atom. The second-order valence-electron chi connectivity index (χ2n) is 5.64. The molecule has 1 amide bonds. The average molecular weight is 378 g/mol. The van der Waals surface area contributed by atoms with Gasteiger partial charge in [-0.05, 0) is 24.3 Å². The third kappa shape index (κ3) is 4.42. The minimum absolute atomic E-state index is 0.148. The van der Waals surface area contributed by atoms with Gasteiger partial charge in [0.05, 0.1) is 37.9 Å². The molecule has 142 valence electrons. The van der Waals surface area contributed by atoms with Crippen LogP contribution in [0, 0.1) is 0 Å². The zero-order chi connectivity index (χ0) is 19.9. The molecule has 0 saturated carbocycles. The van der Waals surface area contributed by atoms with Gasteiger partial charge in [0.2, 0.25) is 0 Å². The van der Waals surface area contributed by atoms with Crippen LogP contribution in [0.25, 0.3) is 0 Å². The molecular formula is C20H18N4O4. The van der Waals surface area contributed by atoms with Gasteiger partial charge in [-0.15, -0.1) is 0 Å². The number of esters is 1. The van der Waals surface area contributed by atoms with Crippen molar-refractivity contribution in [3.8, 4) is 5.75 Å². The van der Waals surface area contributed by atoms with Gasteiger partial charge in [0.1, 0.15) is 17.3 Å². The summed E-state index contributed by atoms with van der Waals surface area (Å²) in [5.41, 5.74) is 1.62. The molecule has 2 N–H and O–H groups in total. The van der Waals surface area contributed by atoms with E-state index in [1.54, 1.807) is 55.6 Å². The van der Waals surface area contributed by atoms with E-state index in [2.05, 4.69) is 20.6 Å². The summed E-state index contributed by atoms with van der Waals surface area (Å²) in [6, 6.07) is 13.9. The Labute approximate surface area is 161 Å². The van der Waals surface area contributed by atoms with Gasteiger partial charge in [-0.25, -0.2) is 14.8 Å². The first-order chi connectivity index (χ1) is 13.6. The second-order valence-corrected chi connectivity index (χ2v) is 5.64. The fraction of sp³-hybridized carbons (Fsp3) is 0.100. The molecule has 0 spiro atoms. The maximum absolute atomic E-state index is 12.3. The molecule has 0 atom stereocenters. The van der Waals surface area contributed by atoms with Crippen LogP contribution in [-0.4, -0.2) is 36.1 Å². The standard InChI is InChI=1S/C20H18N4O4/c1-27-14-7-5-6-13(10-14)23-19(25)17-11-22-18(12-21-17)24-16-9-4-3-8-15(16)20(26)28-2/h3-12H,1-2H3,(H,22,24)(H,23,25). The Balaban J connectivity index is 1.71. The summed E-state index contributed by atoms with van der Waals surface area (Å²) in [6.07, 6.45) is 2.76. The Hall–Kier alpha value is -3.94. The first kappa shape index (κ1) is 18.8. The van der Waals surface area contributed by atoms with E-state index in [-0.39, 0.29) is 5.69 Å². The number of nitrogens with zero attached hydrogens (tertiary/aromatic N) is 2. The minimum Gasteiger partial charge on any atom is -0.497 e. The quantitative estimate of drug-likeness (QED) is 0.635. The van der Waals surface area contributed by atoms with Crippen molar-refractivity contribution in [2.24, 2.45) is 0 Å². The molecule has 0 radical (unpaired) electrons. The summed E-state index contributed by atoms with van der Waals surface area (Å²) in [5, 5.41) is 5.73. The van der Waals surface area contributed by atoms with Gasteiger partial charge in [-0.1, -0.05) is 18.2 Å². The zero-order valence-corrected chi connectivity index (χ0v) is 15.3. The van der Waals surface area contributed by atoms with Crippen molar-refractivity contribution in [1.82, 2.24) is 9.97 Å². The highest BCUT2D eigenvalue weighted by atomic mass is 16.5. The first-order valence-corrected chi connectivity index (χ1v) is 8.32. The lowest BCUT2D eigenvalue weighted by atomic mass is 10.2. The van der Waals surface area contributed by atoms with Crippen LogP contribution in [-0.2, 0) is 4.74 Å². The number of amides is 1. The number of para-hydroxylation sites is 1. The topological polar surface area (TPSA) is 102 Å². The number of hydrogen-bond donors (Lipinski definition) is 2. The lowest BCUT2D eigenvalue weighted by Gasteiger charge is -2.10. The van der Waals surface area contributed by atoms with E-state index in [9.17, 15) is 9.59 Å². The fourth-order valence-electron chi connectivity index (χ4n) is 2.42. The van der Waals surface area contributed by atoms with Gasteiger partial charge < -0.3 is 20.1 Å². The number of nitrogens with one attached hydrogen (secondary N) is 2. The summed E-state index contributed by atoms with van der Waals surface area (Å²) < 4.78 is 9.89. The van der Waals surface area contributed by atoms with Gasteiger partial charge in [-0.3, -0.25) is 4.79 Å². The molecule has 3 rings (SSSR count). The van der Waals surface area contributed by atoms with E-state index in [1.165, 1.54) is 19.5 Å². The number of ether oxygens (including phenoxy) is 2.